The molecule has 1 saturated heterocycles. The van der Waals surface area contributed by atoms with E-state index in [0.717, 1.165) is 12.1 Å². The third-order valence-corrected chi connectivity index (χ3v) is 3.54. The van der Waals surface area contributed by atoms with Crippen LogP contribution in [0.25, 0.3) is 0 Å². The van der Waals surface area contributed by atoms with Crippen molar-refractivity contribution < 1.29 is 18.4 Å². The van der Waals surface area contributed by atoms with Crippen molar-refractivity contribution in [1.29, 1.82) is 0 Å². The van der Waals surface area contributed by atoms with Gasteiger partial charge in [0.25, 0.3) is 0 Å². The first-order chi connectivity index (χ1) is 10.4. The van der Waals surface area contributed by atoms with E-state index in [9.17, 15) is 18.4 Å². The Kier molecular flexibility index (Phi) is 5.07. The minimum absolute atomic E-state index is 0.0231. The summed E-state index contributed by atoms with van der Waals surface area (Å²) in [4.78, 5) is 25.7. The number of carbonyl (C=O) groups excluding carboxylic acids is 2. The molecule has 0 bridgehead atoms. The Morgan fingerprint density at radius 1 is 1.41 bits per heavy atom. The highest BCUT2D eigenvalue weighted by Crippen LogP contribution is 2.16. The van der Waals surface area contributed by atoms with E-state index in [1.54, 1.807) is 4.90 Å². The molecule has 7 heteroatoms. The molecule has 22 heavy (non-hydrogen) atoms. The van der Waals surface area contributed by atoms with E-state index in [2.05, 4.69) is 10.6 Å². The topological polar surface area (TPSA) is 61.4 Å². The highest BCUT2D eigenvalue weighted by Gasteiger charge is 2.33. The van der Waals surface area contributed by atoms with E-state index < -0.39 is 11.6 Å². The zero-order valence-electron chi connectivity index (χ0n) is 12.5. The fourth-order valence-electron chi connectivity index (χ4n) is 2.59. The van der Waals surface area contributed by atoms with Crippen LogP contribution in [0, 0.1) is 17.6 Å². The van der Waals surface area contributed by atoms with E-state index in [0.29, 0.717) is 13.1 Å². The molecule has 1 aromatic rings. The van der Waals surface area contributed by atoms with Crippen LogP contribution in [-0.2, 0) is 9.59 Å². The third kappa shape index (κ3) is 3.79. The Balaban J connectivity index is 2.01. The highest BCUT2D eigenvalue weighted by molar-refractivity contribution is 5.93. The minimum atomic E-state index is -1.02. The monoisotopic (exact) mass is 311 g/mol. The van der Waals surface area contributed by atoms with Crippen LogP contribution in [0.5, 0.6) is 0 Å². The number of hydrogen-bond acceptors (Lipinski definition) is 3. The first-order valence-corrected chi connectivity index (χ1v) is 7.15. The van der Waals surface area contributed by atoms with Gasteiger partial charge in [-0.15, -0.1) is 0 Å². The van der Waals surface area contributed by atoms with Gasteiger partial charge >= 0.3 is 0 Å². The van der Waals surface area contributed by atoms with E-state index in [1.807, 2.05) is 13.8 Å². The first-order valence-electron chi connectivity index (χ1n) is 7.15. The summed E-state index contributed by atoms with van der Waals surface area (Å²) in [6.45, 7) is 4.90. The molecule has 1 aromatic carbocycles. The Bertz CT molecular complexity index is 578. The van der Waals surface area contributed by atoms with Gasteiger partial charge in [-0.2, -0.15) is 0 Å². The quantitative estimate of drug-likeness (QED) is 0.882. The molecule has 0 aliphatic carbocycles. The lowest BCUT2D eigenvalue weighted by Crippen LogP contribution is -2.58. The van der Waals surface area contributed by atoms with Crippen molar-refractivity contribution >= 4 is 17.5 Å². The molecule has 5 nitrogen and oxygen atoms in total. The Morgan fingerprint density at radius 3 is 2.77 bits per heavy atom. The summed E-state index contributed by atoms with van der Waals surface area (Å²) in [6.07, 6.45) is 0. The molecule has 0 unspecified atom stereocenters. The molecule has 0 saturated carbocycles. The van der Waals surface area contributed by atoms with Crippen molar-refractivity contribution in [2.24, 2.45) is 5.92 Å². The molecule has 0 radical (unpaired) electrons. The SMILES string of the molecule is CC(C)[C@@H]1C(=O)NCCN1CC(=O)Nc1ccc(F)c(F)c1. The molecule has 0 aromatic heterocycles. The third-order valence-electron chi connectivity index (χ3n) is 3.54. The lowest BCUT2D eigenvalue weighted by Gasteiger charge is -2.36. The fourth-order valence-corrected chi connectivity index (χ4v) is 2.59. The van der Waals surface area contributed by atoms with E-state index in [1.165, 1.54) is 6.07 Å². The van der Waals surface area contributed by atoms with Crippen LogP contribution >= 0.6 is 0 Å². The van der Waals surface area contributed by atoms with Crippen molar-refractivity contribution in [1.82, 2.24) is 10.2 Å². The maximum absolute atomic E-state index is 13.1. The van der Waals surface area contributed by atoms with Crippen LogP contribution in [0.2, 0.25) is 0 Å². The van der Waals surface area contributed by atoms with Crippen LogP contribution < -0.4 is 10.6 Å². The maximum Gasteiger partial charge on any atom is 0.238 e. The summed E-state index contributed by atoms with van der Waals surface area (Å²) in [6, 6.07) is 2.80. The van der Waals surface area contributed by atoms with Crippen molar-refractivity contribution in [3.05, 3.63) is 29.8 Å². The standard InChI is InChI=1S/C15H19F2N3O2/c1-9(2)14-15(22)18-5-6-20(14)8-13(21)19-10-3-4-11(16)12(17)7-10/h3-4,7,9,14H,5-6,8H2,1-2H3,(H,18,22)(H,19,21)/t14-/m1/s1. The molecule has 1 aliphatic heterocycles. The summed E-state index contributed by atoms with van der Waals surface area (Å²) in [5.74, 6) is -2.38. The van der Waals surface area contributed by atoms with Crippen LogP contribution in [0.3, 0.4) is 0 Å². The average Bonchev–Trinajstić information content (AvgIpc) is 2.42. The predicted molar refractivity (Wildman–Crippen MR) is 78.2 cm³/mol. The summed E-state index contributed by atoms with van der Waals surface area (Å²) in [5.41, 5.74) is 0.187. The lowest BCUT2D eigenvalue weighted by molar-refractivity contribution is -0.132. The summed E-state index contributed by atoms with van der Waals surface area (Å²) in [5, 5.41) is 5.29. The number of piperazine rings is 1. The molecular weight excluding hydrogens is 292 g/mol. The number of rotatable bonds is 4. The number of halogens is 2. The van der Waals surface area contributed by atoms with Gasteiger partial charge in [0, 0.05) is 24.8 Å². The number of nitrogens with one attached hydrogen (secondary N) is 2. The van der Waals surface area contributed by atoms with Gasteiger partial charge in [-0.3, -0.25) is 14.5 Å². The highest BCUT2D eigenvalue weighted by atomic mass is 19.2. The second kappa shape index (κ2) is 6.83. The Hall–Kier alpha value is -2.02. The normalized spacial score (nSPS) is 19.1. The first kappa shape index (κ1) is 16.4. The molecule has 0 spiro atoms. The zero-order valence-corrected chi connectivity index (χ0v) is 12.5. The van der Waals surface area contributed by atoms with Gasteiger partial charge in [0.1, 0.15) is 0 Å². The van der Waals surface area contributed by atoms with E-state index in [-0.39, 0.29) is 36.0 Å². The second-order valence-electron chi connectivity index (χ2n) is 5.63. The zero-order chi connectivity index (χ0) is 16.3. The number of hydrogen-bond donors (Lipinski definition) is 2. The number of nitrogens with zero attached hydrogens (tertiary/aromatic N) is 1. The predicted octanol–water partition coefficient (Wildman–Crippen LogP) is 1.36. The molecule has 1 atom stereocenters. The Labute approximate surface area is 127 Å². The fraction of sp³-hybridized carbons (Fsp3) is 0.467. The second-order valence-corrected chi connectivity index (χ2v) is 5.63. The smallest absolute Gasteiger partial charge is 0.238 e. The van der Waals surface area contributed by atoms with Gasteiger partial charge < -0.3 is 10.6 Å². The molecule has 2 N–H and O–H groups in total. The van der Waals surface area contributed by atoms with Gasteiger partial charge in [0.15, 0.2) is 11.6 Å². The molecule has 1 heterocycles. The maximum atomic E-state index is 13.1. The van der Waals surface area contributed by atoms with Crippen LogP contribution in [-0.4, -0.2) is 42.4 Å². The van der Waals surface area contributed by atoms with Crippen LogP contribution in [0.4, 0.5) is 14.5 Å². The van der Waals surface area contributed by atoms with Crippen molar-refractivity contribution in [2.75, 3.05) is 25.0 Å². The molecule has 1 fully saturated rings. The van der Waals surface area contributed by atoms with Gasteiger partial charge in [0.05, 0.1) is 12.6 Å². The van der Waals surface area contributed by atoms with E-state index >= 15 is 0 Å². The van der Waals surface area contributed by atoms with Crippen LogP contribution in [0.1, 0.15) is 13.8 Å². The minimum Gasteiger partial charge on any atom is -0.353 e. The number of anilines is 1. The van der Waals surface area contributed by atoms with Gasteiger partial charge in [-0.05, 0) is 18.1 Å². The largest absolute Gasteiger partial charge is 0.353 e. The van der Waals surface area contributed by atoms with Gasteiger partial charge in [0.2, 0.25) is 11.8 Å². The number of amides is 2. The molecule has 2 rings (SSSR count). The van der Waals surface area contributed by atoms with Gasteiger partial charge in [-0.25, -0.2) is 8.78 Å². The van der Waals surface area contributed by atoms with Crippen molar-refractivity contribution in [3.63, 3.8) is 0 Å². The van der Waals surface area contributed by atoms with E-state index in [4.69, 9.17) is 0 Å². The molecule has 2 amide bonds. The summed E-state index contributed by atoms with van der Waals surface area (Å²) < 4.78 is 26.0. The number of benzene rings is 1. The number of carbonyl (C=O) groups is 2. The molecular formula is C15H19F2N3O2. The van der Waals surface area contributed by atoms with Crippen molar-refractivity contribution in [3.8, 4) is 0 Å². The summed E-state index contributed by atoms with van der Waals surface area (Å²) >= 11 is 0. The van der Waals surface area contributed by atoms with Gasteiger partial charge in [-0.1, -0.05) is 13.8 Å². The summed E-state index contributed by atoms with van der Waals surface area (Å²) in [7, 11) is 0. The van der Waals surface area contributed by atoms with Crippen LogP contribution in [0.15, 0.2) is 18.2 Å². The molecule has 1 aliphatic rings. The molecule has 120 valence electrons. The average molecular weight is 311 g/mol. The van der Waals surface area contributed by atoms with Crippen molar-refractivity contribution in [2.45, 2.75) is 19.9 Å². The lowest BCUT2D eigenvalue weighted by atomic mass is 10.00. The Morgan fingerprint density at radius 2 is 2.14 bits per heavy atom.